The van der Waals surface area contributed by atoms with Crippen LogP contribution in [-0.4, -0.2) is 36.7 Å². The summed E-state index contributed by atoms with van der Waals surface area (Å²) >= 11 is 0. The monoisotopic (exact) mass is 373 g/mol. The summed E-state index contributed by atoms with van der Waals surface area (Å²) < 4.78 is 27.1. The molecule has 1 aromatic heterocycles. The molecule has 138 valence electrons. The first kappa shape index (κ1) is 18.5. The Balaban J connectivity index is 1.72. The Labute approximate surface area is 154 Å². The van der Waals surface area contributed by atoms with Crippen LogP contribution in [-0.2, 0) is 14.8 Å². The van der Waals surface area contributed by atoms with Crippen LogP contribution in [0, 0.1) is 19.8 Å². The highest BCUT2D eigenvalue weighted by atomic mass is 32.2. The summed E-state index contributed by atoms with van der Waals surface area (Å²) in [6.07, 6.45) is 2.96. The molecule has 1 N–H and O–H groups in total. The van der Waals surface area contributed by atoms with Crippen molar-refractivity contribution in [2.24, 2.45) is 5.92 Å². The number of hydrogen-bond acceptors (Lipinski definition) is 4. The quantitative estimate of drug-likeness (QED) is 0.894. The van der Waals surface area contributed by atoms with E-state index >= 15 is 0 Å². The average Bonchev–Trinajstić information content (AvgIpc) is 2.62. The molecule has 1 saturated heterocycles. The normalized spacial score (nSPS) is 18.5. The van der Waals surface area contributed by atoms with Crippen LogP contribution in [0.5, 0.6) is 0 Å². The summed E-state index contributed by atoms with van der Waals surface area (Å²) in [6, 6.07) is 10.4. The van der Waals surface area contributed by atoms with Crippen LogP contribution in [0.3, 0.4) is 0 Å². The number of anilines is 1. The number of piperidine rings is 1. The zero-order valence-corrected chi connectivity index (χ0v) is 15.8. The first-order valence-corrected chi connectivity index (χ1v) is 10.1. The van der Waals surface area contributed by atoms with E-state index in [1.54, 1.807) is 36.5 Å². The minimum atomic E-state index is -3.59. The number of carbonyl (C=O) groups excluding carboxylic acids is 1. The van der Waals surface area contributed by atoms with Crippen molar-refractivity contribution in [3.05, 3.63) is 53.7 Å². The second-order valence-corrected chi connectivity index (χ2v) is 8.66. The first-order valence-electron chi connectivity index (χ1n) is 8.66. The number of nitrogens with zero attached hydrogens (tertiary/aromatic N) is 2. The molecule has 26 heavy (non-hydrogen) atoms. The van der Waals surface area contributed by atoms with E-state index in [2.05, 4.69) is 10.3 Å². The fraction of sp³-hybridized carbons (Fsp3) is 0.368. The third-order valence-electron chi connectivity index (χ3n) is 4.58. The summed E-state index contributed by atoms with van der Waals surface area (Å²) in [5.74, 6) is -0.0771. The van der Waals surface area contributed by atoms with E-state index in [0.29, 0.717) is 25.2 Å². The Kier molecular flexibility index (Phi) is 5.38. The maximum Gasteiger partial charge on any atom is 0.243 e. The highest BCUT2D eigenvalue weighted by Crippen LogP contribution is 2.25. The standard InChI is InChI=1S/C19H23N3O3S/c1-14-5-7-17(8-6-14)26(24,25)22-11-3-4-16(13-22)19(23)21-18-12-15(2)9-10-20-18/h5-10,12,16H,3-4,11,13H2,1-2H3,(H,20,21,23)/t16-/m0/s1. The second kappa shape index (κ2) is 7.55. The van der Waals surface area contributed by atoms with E-state index in [1.165, 1.54) is 4.31 Å². The number of carbonyl (C=O) groups is 1. The SMILES string of the molecule is Cc1ccc(S(=O)(=O)N2CCC[C@H](C(=O)Nc3cc(C)ccn3)C2)cc1. The van der Waals surface area contributed by atoms with Gasteiger partial charge in [-0.1, -0.05) is 17.7 Å². The number of pyridine rings is 1. The predicted octanol–water partition coefficient (Wildman–Crippen LogP) is 2.74. The van der Waals surface area contributed by atoms with Crippen molar-refractivity contribution in [1.29, 1.82) is 0 Å². The molecular formula is C19H23N3O3S. The number of aryl methyl sites for hydroxylation is 2. The molecule has 1 aliphatic rings. The van der Waals surface area contributed by atoms with Crippen LogP contribution in [0.15, 0.2) is 47.5 Å². The third kappa shape index (κ3) is 4.11. The number of rotatable bonds is 4. The number of benzene rings is 1. The van der Waals surface area contributed by atoms with Crippen LogP contribution >= 0.6 is 0 Å². The molecule has 0 unspecified atom stereocenters. The molecule has 1 fully saturated rings. The lowest BCUT2D eigenvalue weighted by Crippen LogP contribution is -2.43. The lowest BCUT2D eigenvalue weighted by atomic mass is 9.99. The number of aromatic nitrogens is 1. The van der Waals surface area contributed by atoms with Crippen molar-refractivity contribution in [3.8, 4) is 0 Å². The largest absolute Gasteiger partial charge is 0.310 e. The van der Waals surface area contributed by atoms with Crippen LogP contribution in [0.25, 0.3) is 0 Å². The van der Waals surface area contributed by atoms with E-state index in [-0.39, 0.29) is 23.3 Å². The van der Waals surface area contributed by atoms with Gasteiger partial charge in [0.05, 0.1) is 10.8 Å². The Morgan fingerprint density at radius 3 is 2.58 bits per heavy atom. The molecule has 3 rings (SSSR count). The van der Waals surface area contributed by atoms with Gasteiger partial charge in [0.2, 0.25) is 15.9 Å². The summed E-state index contributed by atoms with van der Waals surface area (Å²) in [7, 11) is -3.59. The highest BCUT2D eigenvalue weighted by molar-refractivity contribution is 7.89. The molecular weight excluding hydrogens is 350 g/mol. The van der Waals surface area contributed by atoms with Crippen LogP contribution in [0.4, 0.5) is 5.82 Å². The van der Waals surface area contributed by atoms with Gasteiger partial charge in [-0.2, -0.15) is 4.31 Å². The molecule has 0 bridgehead atoms. The molecule has 1 aliphatic heterocycles. The Hall–Kier alpha value is -2.25. The lowest BCUT2D eigenvalue weighted by molar-refractivity contribution is -0.120. The topological polar surface area (TPSA) is 79.4 Å². The smallest absolute Gasteiger partial charge is 0.243 e. The van der Waals surface area contributed by atoms with Crippen molar-refractivity contribution >= 4 is 21.7 Å². The number of hydrogen-bond donors (Lipinski definition) is 1. The maximum absolute atomic E-state index is 12.9. The minimum Gasteiger partial charge on any atom is -0.310 e. The van der Waals surface area contributed by atoms with Gasteiger partial charge in [-0.05, 0) is 56.5 Å². The first-order chi connectivity index (χ1) is 12.4. The molecule has 2 aromatic rings. The van der Waals surface area contributed by atoms with Gasteiger partial charge >= 0.3 is 0 Å². The van der Waals surface area contributed by atoms with Gasteiger partial charge in [0.15, 0.2) is 0 Å². The Morgan fingerprint density at radius 1 is 1.15 bits per heavy atom. The zero-order chi connectivity index (χ0) is 18.7. The molecule has 1 aromatic carbocycles. The van der Waals surface area contributed by atoms with Crippen molar-refractivity contribution < 1.29 is 13.2 Å². The molecule has 2 heterocycles. The van der Waals surface area contributed by atoms with Gasteiger partial charge in [0.1, 0.15) is 5.82 Å². The second-order valence-electron chi connectivity index (χ2n) is 6.72. The van der Waals surface area contributed by atoms with Crippen LogP contribution in [0.1, 0.15) is 24.0 Å². The van der Waals surface area contributed by atoms with Crippen molar-refractivity contribution in [2.75, 3.05) is 18.4 Å². The van der Waals surface area contributed by atoms with Crippen LogP contribution in [0.2, 0.25) is 0 Å². The van der Waals surface area contributed by atoms with E-state index in [1.807, 2.05) is 19.9 Å². The molecule has 0 aliphatic carbocycles. The van der Waals surface area contributed by atoms with E-state index in [0.717, 1.165) is 11.1 Å². The minimum absolute atomic E-state index is 0.188. The molecule has 1 atom stereocenters. The average molecular weight is 373 g/mol. The van der Waals surface area contributed by atoms with E-state index < -0.39 is 10.0 Å². The molecule has 6 nitrogen and oxygen atoms in total. The van der Waals surface area contributed by atoms with Crippen molar-refractivity contribution in [3.63, 3.8) is 0 Å². The Morgan fingerprint density at radius 2 is 1.88 bits per heavy atom. The van der Waals surface area contributed by atoms with Gasteiger partial charge < -0.3 is 5.32 Å². The van der Waals surface area contributed by atoms with E-state index in [9.17, 15) is 13.2 Å². The summed E-state index contributed by atoms with van der Waals surface area (Å²) in [6.45, 7) is 4.46. The van der Waals surface area contributed by atoms with Gasteiger partial charge in [-0.25, -0.2) is 13.4 Å². The molecule has 7 heteroatoms. The number of nitrogens with one attached hydrogen (secondary N) is 1. The van der Waals surface area contributed by atoms with Crippen molar-refractivity contribution in [1.82, 2.24) is 9.29 Å². The fourth-order valence-electron chi connectivity index (χ4n) is 3.07. The summed E-state index contributed by atoms with van der Waals surface area (Å²) in [5.41, 5.74) is 2.01. The van der Waals surface area contributed by atoms with Gasteiger partial charge in [-0.15, -0.1) is 0 Å². The summed E-state index contributed by atoms with van der Waals surface area (Å²) in [4.78, 5) is 17.0. The van der Waals surface area contributed by atoms with Gasteiger partial charge in [0.25, 0.3) is 0 Å². The molecule has 1 amide bonds. The van der Waals surface area contributed by atoms with Gasteiger partial charge in [-0.3, -0.25) is 4.79 Å². The Bertz CT molecular complexity index is 895. The van der Waals surface area contributed by atoms with Gasteiger partial charge in [0, 0.05) is 19.3 Å². The number of amides is 1. The van der Waals surface area contributed by atoms with E-state index in [4.69, 9.17) is 0 Å². The highest BCUT2D eigenvalue weighted by Gasteiger charge is 2.33. The molecule has 0 saturated carbocycles. The zero-order valence-electron chi connectivity index (χ0n) is 15.0. The van der Waals surface area contributed by atoms with Crippen LogP contribution < -0.4 is 5.32 Å². The fourth-order valence-corrected chi connectivity index (χ4v) is 4.59. The van der Waals surface area contributed by atoms with Crippen molar-refractivity contribution in [2.45, 2.75) is 31.6 Å². The molecule has 0 radical (unpaired) electrons. The predicted molar refractivity (Wildman–Crippen MR) is 100 cm³/mol. The lowest BCUT2D eigenvalue weighted by Gasteiger charge is -2.31. The molecule has 0 spiro atoms. The maximum atomic E-state index is 12.9. The third-order valence-corrected chi connectivity index (χ3v) is 6.46. The number of sulfonamides is 1. The summed E-state index contributed by atoms with van der Waals surface area (Å²) in [5, 5.41) is 2.80.